The average molecular weight is 425 g/mol. The van der Waals surface area contributed by atoms with Gasteiger partial charge in [0.25, 0.3) is 11.7 Å². The molecule has 2 aliphatic heterocycles. The number of Topliss-reactive ketones (excluding diaryl/α,β-unsaturated/α-hetero) is 1. The van der Waals surface area contributed by atoms with Crippen LogP contribution in [-0.4, -0.2) is 23.4 Å². The fourth-order valence-electron chi connectivity index (χ4n) is 4.49. The number of anilines is 1. The molecule has 160 valence electrons. The number of ether oxygens (including phenoxy) is 1. The van der Waals surface area contributed by atoms with Gasteiger partial charge in [0.15, 0.2) is 0 Å². The summed E-state index contributed by atoms with van der Waals surface area (Å²) in [6.07, 6.45) is 1.75. The van der Waals surface area contributed by atoms with Crippen LogP contribution in [0, 0.1) is 6.92 Å². The molecule has 1 saturated heterocycles. The molecule has 5 nitrogen and oxygen atoms in total. The van der Waals surface area contributed by atoms with E-state index in [4.69, 9.17) is 4.74 Å². The third-order valence-electron chi connectivity index (χ3n) is 6.02. The van der Waals surface area contributed by atoms with E-state index in [1.165, 1.54) is 4.90 Å². The van der Waals surface area contributed by atoms with Gasteiger partial charge in [-0.1, -0.05) is 42.5 Å². The predicted octanol–water partition coefficient (Wildman–Crippen LogP) is 4.95. The minimum absolute atomic E-state index is 0.0967. The summed E-state index contributed by atoms with van der Waals surface area (Å²) in [5, 5.41) is 11.3. The molecule has 5 rings (SSSR count). The molecule has 1 fully saturated rings. The largest absolute Gasteiger partial charge is 0.507 e. The van der Waals surface area contributed by atoms with Crippen LogP contribution in [0.15, 0.2) is 78.4 Å². The van der Waals surface area contributed by atoms with Gasteiger partial charge in [0.05, 0.1) is 18.2 Å². The summed E-state index contributed by atoms with van der Waals surface area (Å²) in [5.74, 6) is -0.701. The lowest BCUT2D eigenvalue weighted by Crippen LogP contribution is -2.29. The number of rotatable bonds is 3. The van der Waals surface area contributed by atoms with E-state index < -0.39 is 17.7 Å². The highest BCUT2D eigenvalue weighted by molar-refractivity contribution is 6.51. The Bertz CT molecular complexity index is 1250. The molecule has 0 spiro atoms. The van der Waals surface area contributed by atoms with Gasteiger partial charge in [-0.15, -0.1) is 0 Å². The fraction of sp³-hybridized carbons (Fsp3) is 0.185. The Labute approximate surface area is 186 Å². The van der Waals surface area contributed by atoms with Crippen molar-refractivity contribution >= 4 is 23.1 Å². The molecule has 0 saturated carbocycles. The highest BCUT2D eigenvalue weighted by atomic mass is 16.5. The van der Waals surface area contributed by atoms with Crippen LogP contribution < -0.4 is 9.64 Å². The Kier molecular flexibility index (Phi) is 5.02. The van der Waals surface area contributed by atoms with Crippen molar-refractivity contribution in [2.24, 2.45) is 0 Å². The lowest BCUT2D eigenvalue weighted by Gasteiger charge is -2.26. The smallest absolute Gasteiger partial charge is 0.300 e. The topological polar surface area (TPSA) is 66.8 Å². The van der Waals surface area contributed by atoms with Crippen molar-refractivity contribution in [3.05, 3.63) is 101 Å². The molecule has 0 radical (unpaired) electrons. The number of ketones is 1. The van der Waals surface area contributed by atoms with Gasteiger partial charge < -0.3 is 9.84 Å². The quantitative estimate of drug-likeness (QED) is 0.366. The molecule has 2 aliphatic rings. The van der Waals surface area contributed by atoms with Crippen molar-refractivity contribution in [3.63, 3.8) is 0 Å². The average Bonchev–Trinajstić information content (AvgIpc) is 3.09. The lowest BCUT2D eigenvalue weighted by atomic mass is 9.94. The van der Waals surface area contributed by atoms with E-state index in [0.717, 1.165) is 35.3 Å². The van der Waals surface area contributed by atoms with E-state index in [1.807, 2.05) is 73.7 Å². The summed E-state index contributed by atoms with van der Waals surface area (Å²) in [6.45, 7) is 2.61. The number of carbonyl (C=O) groups is 2. The molecule has 1 unspecified atom stereocenters. The van der Waals surface area contributed by atoms with E-state index >= 15 is 0 Å². The summed E-state index contributed by atoms with van der Waals surface area (Å²) in [4.78, 5) is 27.9. The van der Waals surface area contributed by atoms with Gasteiger partial charge >= 0.3 is 0 Å². The van der Waals surface area contributed by atoms with Crippen LogP contribution in [-0.2, 0) is 16.0 Å². The second kappa shape index (κ2) is 8.00. The van der Waals surface area contributed by atoms with E-state index in [2.05, 4.69) is 0 Å². The van der Waals surface area contributed by atoms with Gasteiger partial charge in [-0.3, -0.25) is 14.5 Å². The summed E-state index contributed by atoms with van der Waals surface area (Å²) < 4.78 is 5.67. The van der Waals surface area contributed by atoms with Crippen LogP contribution in [0.2, 0.25) is 0 Å². The van der Waals surface area contributed by atoms with E-state index in [9.17, 15) is 14.7 Å². The van der Waals surface area contributed by atoms with Gasteiger partial charge in [-0.2, -0.15) is 0 Å². The van der Waals surface area contributed by atoms with Gasteiger partial charge in [0.2, 0.25) is 0 Å². The number of benzene rings is 3. The second-order valence-corrected chi connectivity index (χ2v) is 8.19. The van der Waals surface area contributed by atoms with Crippen molar-refractivity contribution in [2.45, 2.75) is 25.8 Å². The monoisotopic (exact) mass is 425 g/mol. The number of carbonyl (C=O) groups excluding carboxylic acids is 2. The highest BCUT2D eigenvalue weighted by Gasteiger charge is 2.47. The molecule has 3 aromatic carbocycles. The fourth-order valence-corrected chi connectivity index (χ4v) is 4.49. The molecule has 3 aromatic rings. The summed E-state index contributed by atoms with van der Waals surface area (Å²) >= 11 is 0. The number of aliphatic hydroxyl groups is 1. The Balaban J connectivity index is 1.69. The van der Waals surface area contributed by atoms with E-state index in [1.54, 1.807) is 6.07 Å². The lowest BCUT2D eigenvalue weighted by molar-refractivity contribution is -0.132. The zero-order valence-corrected chi connectivity index (χ0v) is 17.7. The highest BCUT2D eigenvalue weighted by Crippen LogP contribution is 2.42. The van der Waals surface area contributed by atoms with Gasteiger partial charge in [0.1, 0.15) is 11.5 Å². The summed E-state index contributed by atoms with van der Waals surface area (Å²) in [5.41, 5.74) is 3.96. The first-order valence-electron chi connectivity index (χ1n) is 10.7. The molecule has 32 heavy (non-hydrogen) atoms. The maximum atomic E-state index is 13.2. The van der Waals surface area contributed by atoms with Gasteiger partial charge in [-0.25, -0.2) is 0 Å². The molecule has 0 bridgehead atoms. The molecule has 0 aromatic heterocycles. The van der Waals surface area contributed by atoms with Crippen LogP contribution in [0.1, 0.15) is 34.7 Å². The normalized spacial score (nSPS) is 19.5. The van der Waals surface area contributed by atoms with Crippen LogP contribution >= 0.6 is 0 Å². The van der Waals surface area contributed by atoms with E-state index in [-0.39, 0.29) is 11.3 Å². The number of aliphatic hydroxyl groups excluding tert-OH is 1. The molecule has 0 aliphatic carbocycles. The summed E-state index contributed by atoms with van der Waals surface area (Å²) in [6, 6.07) is 21.5. The number of nitrogens with zero attached hydrogens (tertiary/aromatic N) is 1. The molecule has 1 N–H and O–H groups in total. The first-order chi connectivity index (χ1) is 15.5. The Morgan fingerprint density at radius 2 is 1.81 bits per heavy atom. The molecule has 1 atom stereocenters. The summed E-state index contributed by atoms with van der Waals surface area (Å²) in [7, 11) is 0. The third-order valence-corrected chi connectivity index (χ3v) is 6.02. The van der Waals surface area contributed by atoms with Crippen molar-refractivity contribution in [3.8, 4) is 5.75 Å². The van der Waals surface area contributed by atoms with Crippen molar-refractivity contribution < 1.29 is 19.4 Å². The number of fused-ring (bicyclic) bond motifs is 1. The maximum Gasteiger partial charge on any atom is 0.300 e. The Hall–Kier alpha value is -3.86. The molecule has 1 amide bonds. The molecular formula is C27H23NO4. The standard InChI is InChI=1S/C27H23NO4/c1-17-7-5-11-21(15-17)28-24(18-8-3-2-4-9-18)23(26(30)27(28)31)25(29)20-12-13-22-19(16-20)10-6-14-32-22/h2-5,7-9,11-13,15-16,24,29H,6,10,14H2,1H3/b25-23-. The number of hydrogen-bond donors (Lipinski definition) is 1. The minimum Gasteiger partial charge on any atom is -0.507 e. The third kappa shape index (κ3) is 3.36. The van der Waals surface area contributed by atoms with Crippen LogP contribution in [0.4, 0.5) is 5.69 Å². The molecule has 2 heterocycles. The Morgan fingerprint density at radius 1 is 1.00 bits per heavy atom. The van der Waals surface area contributed by atoms with Crippen LogP contribution in [0.5, 0.6) is 5.75 Å². The minimum atomic E-state index is -0.717. The van der Waals surface area contributed by atoms with Crippen LogP contribution in [0.25, 0.3) is 5.76 Å². The first kappa shape index (κ1) is 20.1. The predicted molar refractivity (Wildman–Crippen MR) is 123 cm³/mol. The van der Waals surface area contributed by atoms with Crippen molar-refractivity contribution in [1.82, 2.24) is 0 Å². The zero-order chi connectivity index (χ0) is 22.2. The molecular weight excluding hydrogens is 402 g/mol. The van der Waals surface area contributed by atoms with Crippen molar-refractivity contribution in [2.75, 3.05) is 11.5 Å². The second-order valence-electron chi connectivity index (χ2n) is 8.19. The van der Waals surface area contributed by atoms with E-state index in [0.29, 0.717) is 17.9 Å². The Morgan fingerprint density at radius 3 is 2.59 bits per heavy atom. The number of hydrogen-bond acceptors (Lipinski definition) is 4. The van der Waals surface area contributed by atoms with Crippen LogP contribution in [0.3, 0.4) is 0 Å². The van der Waals surface area contributed by atoms with Gasteiger partial charge in [0, 0.05) is 11.3 Å². The molecule has 5 heteroatoms. The zero-order valence-electron chi connectivity index (χ0n) is 17.7. The number of amides is 1. The van der Waals surface area contributed by atoms with Crippen molar-refractivity contribution in [1.29, 1.82) is 0 Å². The number of aryl methyl sites for hydroxylation is 2. The first-order valence-corrected chi connectivity index (χ1v) is 10.7. The maximum absolute atomic E-state index is 13.2. The van der Waals surface area contributed by atoms with Gasteiger partial charge in [-0.05, 0) is 66.8 Å². The SMILES string of the molecule is Cc1cccc(N2C(=O)C(=O)/C(=C(\O)c3ccc4c(c3)CCCO4)C2c2ccccc2)c1.